The van der Waals surface area contributed by atoms with Gasteiger partial charge in [-0.25, -0.2) is 9.98 Å². The Morgan fingerprint density at radius 1 is 0.446 bits per heavy atom. The number of fused-ring (bicyclic) bond motifs is 6. The summed E-state index contributed by atoms with van der Waals surface area (Å²) < 4.78 is 4.96. The lowest BCUT2D eigenvalue weighted by Crippen LogP contribution is -2.33. The van der Waals surface area contributed by atoms with Gasteiger partial charge < -0.3 is 9.88 Å². The van der Waals surface area contributed by atoms with Crippen LogP contribution in [-0.4, -0.2) is 16.2 Å². The molecule has 5 heteroatoms. The highest BCUT2D eigenvalue weighted by Crippen LogP contribution is 2.45. The quantitative estimate of drug-likeness (QED) is 0.182. The number of amidine groups is 2. The van der Waals surface area contributed by atoms with Crippen LogP contribution in [0.2, 0.25) is 0 Å². The number of para-hydroxylation sites is 2. The first kappa shape index (κ1) is 32.4. The number of benzene rings is 8. The molecule has 0 spiro atoms. The number of aromatic nitrogens is 1. The number of nitrogens with zero attached hydrogens (tertiary/aromatic N) is 3. The van der Waals surface area contributed by atoms with Crippen LogP contribution in [0.25, 0.3) is 69.9 Å². The second-order valence-electron chi connectivity index (χ2n) is 14.2. The Morgan fingerprint density at radius 3 is 1.75 bits per heavy atom. The van der Waals surface area contributed by atoms with E-state index in [0.29, 0.717) is 0 Å². The molecule has 10 aromatic rings. The first-order valence-corrected chi connectivity index (χ1v) is 19.8. The van der Waals surface area contributed by atoms with E-state index in [1.807, 2.05) is 47.7 Å². The van der Waals surface area contributed by atoms with E-state index in [1.54, 1.807) is 0 Å². The maximum Gasteiger partial charge on any atom is 0.159 e. The van der Waals surface area contributed by atoms with Gasteiger partial charge in [0.25, 0.3) is 0 Å². The average molecular weight is 735 g/mol. The number of thiophene rings is 1. The van der Waals surface area contributed by atoms with Gasteiger partial charge in [-0.15, -0.1) is 11.3 Å². The molecule has 0 aliphatic carbocycles. The smallest absolute Gasteiger partial charge is 0.159 e. The Labute approximate surface area is 328 Å². The average Bonchev–Trinajstić information content (AvgIpc) is 3.83. The maximum atomic E-state index is 5.15. The molecule has 4 nitrogen and oxygen atoms in total. The molecule has 1 aliphatic heterocycles. The highest BCUT2D eigenvalue weighted by atomic mass is 32.1. The van der Waals surface area contributed by atoms with E-state index in [-0.39, 0.29) is 6.17 Å². The zero-order chi connectivity index (χ0) is 37.0. The third-order valence-electron chi connectivity index (χ3n) is 10.9. The molecule has 11 rings (SSSR count). The number of hydrogen-bond acceptors (Lipinski definition) is 4. The van der Waals surface area contributed by atoms with Crippen LogP contribution in [0, 0.1) is 0 Å². The van der Waals surface area contributed by atoms with Crippen molar-refractivity contribution in [3.8, 4) is 27.9 Å². The molecule has 1 unspecified atom stereocenters. The molecule has 2 aromatic heterocycles. The van der Waals surface area contributed by atoms with Gasteiger partial charge in [0, 0.05) is 47.8 Å². The maximum absolute atomic E-state index is 5.15. The lowest BCUT2D eigenvalue weighted by Gasteiger charge is -2.24. The van der Waals surface area contributed by atoms with Crippen LogP contribution >= 0.6 is 11.3 Å². The van der Waals surface area contributed by atoms with Crippen molar-refractivity contribution >= 4 is 65.0 Å². The van der Waals surface area contributed by atoms with E-state index in [4.69, 9.17) is 9.98 Å². The van der Waals surface area contributed by atoms with Crippen molar-refractivity contribution in [3.05, 3.63) is 211 Å². The molecule has 0 saturated carbocycles. The van der Waals surface area contributed by atoms with Gasteiger partial charge in [-0.1, -0.05) is 158 Å². The third kappa shape index (κ3) is 5.44. The van der Waals surface area contributed by atoms with Crippen molar-refractivity contribution in [3.63, 3.8) is 0 Å². The van der Waals surface area contributed by atoms with E-state index >= 15 is 0 Å². The lowest BCUT2D eigenvalue weighted by molar-refractivity contribution is 0.674. The van der Waals surface area contributed by atoms with Crippen LogP contribution in [-0.2, 0) is 0 Å². The molecule has 8 aromatic carbocycles. The summed E-state index contributed by atoms with van der Waals surface area (Å²) in [6, 6.07) is 69.2. The normalized spacial score (nSPS) is 14.2. The fourth-order valence-electron chi connectivity index (χ4n) is 8.23. The molecule has 0 radical (unpaired) electrons. The highest BCUT2D eigenvalue weighted by Gasteiger charge is 2.22. The summed E-state index contributed by atoms with van der Waals surface area (Å²) >= 11 is 1.88. The van der Waals surface area contributed by atoms with Crippen molar-refractivity contribution in [2.75, 3.05) is 0 Å². The molecule has 56 heavy (non-hydrogen) atoms. The predicted molar refractivity (Wildman–Crippen MR) is 236 cm³/mol. The Kier molecular flexibility index (Phi) is 7.71. The lowest BCUT2D eigenvalue weighted by atomic mass is 9.98. The molecule has 264 valence electrons. The Hall–Kier alpha value is -7.08. The minimum absolute atomic E-state index is 0.297. The molecule has 0 amide bonds. The summed E-state index contributed by atoms with van der Waals surface area (Å²) in [5.74, 6) is 1.54. The molecule has 3 heterocycles. The summed E-state index contributed by atoms with van der Waals surface area (Å²) in [5, 5.41) is 8.71. The second-order valence-corrected chi connectivity index (χ2v) is 15.2. The standard InChI is InChI=1S/C51H34N4S/c1-4-15-33(16-5-1)49-52-50(34-17-6-2-7-18-34)54-51(53-49)37-20-12-19-35(31-37)39-24-13-26-42-43-27-14-25-40(48(43)56-47(39)42)36-29-30-46-44(32-36)41-23-10-11-28-45(41)55(46)38-21-8-3-9-22-38/h1-32,51H,(H,52,53,54). The van der Waals surface area contributed by atoms with Gasteiger partial charge in [-0.05, 0) is 64.2 Å². The van der Waals surface area contributed by atoms with Gasteiger partial charge >= 0.3 is 0 Å². The van der Waals surface area contributed by atoms with E-state index in [9.17, 15) is 0 Å². The van der Waals surface area contributed by atoms with Crippen molar-refractivity contribution in [1.82, 2.24) is 9.88 Å². The number of aliphatic imine (C=N–C) groups is 2. The van der Waals surface area contributed by atoms with Crippen LogP contribution in [0.15, 0.2) is 204 Å². The topological polar surface area (TPSA) is 41.7 Å². The molecular weight excluding hydrogens is 701 g/mol. The largest absolute Gasteiger partial charge is 0.344 e. The fraction of sp³-hybridized carbons (Fsp3) is 0.0196. The predicted octanol–water partition coefficient (Wildman–Crippen LogP) is 13.0. The first-order chi connectivity index (χ1) is 27.8. The van der Waals surface area contributed by atoms with E-state index in [2.05, 4.69) is 168 Å². The SMILES string of the molecule is c1ccc(C2=NC(c3cccc(-c4cccc5c4sc4c(-c6ccc7c(c6)c6ccccc6n7-c6ccccc6)cccc45)c3)NC(c3ccccc3)=N2)cc1. The second kappa shape index (κ2) is 13.3. The van der Waals surface area contributed by atoms with Crippen molar-refractivity contribution in [2.45, 2.75) is 6.17 Å². The summed E-state index contributed by atoms with van der Waals surface area (Å²) in [4.78, 5) is 10.1. The molecule has 1 aliphatic rings. The Balaban J connectivity index is 1.02. The van der Waals surface area contributed by atoms with Gasteiger partial charge in [0.05, 0.1) is 11.0 Å². The van der Waals surface area contributed by atoms with Crippen LogP contribution in [0.5, 0.6) is 0 Å². The van der Waals surface area contributed by atoms with Crippen molar-refractivity contribution in [2.24, 2.45) is 9.98 Å². The van der Waals surface area contributed by atoms with Gasteiger partial charge in [0.1, 0.15) is 12.0 Å². The van der Waals surface area contributed by atoms with Crippen LogP contribution in [0.1, 0.15) is 22.9 Å². The van der Waals surface area contributed by atoms with Gasteiger partial charge in [-0.2, -0.15) is 0 Å². The molecule has 1 N–H and O–H groups in total. The van der Waals surface area contributed by atoms with Crippen molar-refractivity contribution < 1.29 is 0 Å². The van der Waals surface area contributed by atoms with Gasteiger partial charge in [0.15, 0.2) is 5.84 Å². The van der Waals surface area contributed by atoms with E-state index in [1.165, 1.54) is 69.9 Å². The molecule has 0 bridgehead atoms. The zero-order valence-corrected chi connectivity index (χ0v) is 31.1. The fourth-order valence-corrected chi connectivity index (χ4v) is 9.60. The van der Waals surface area contributed by atoms with Crippen LogP contribution in [0.3, 0.4) is 0 Å². The first-order valence-electron chi connectivity index (χ1n) is 18.9. The summed E-state index contributed by atoms with van der Waals surface area (Å²) in [6.07, 6.45) is -0.297. The Bertz CT molecular complexity index is 3160. The van der Waals surface area contributed by atoms with E-state index in [0.717, 1.165) is 28.4 Å². The summed E-state index contributed by atoms with van der Waals surface area (Å²) in [6.45, 7) is 0. The molecule has 1 atom stereocenters. The van der Waals surface area contributed by atoms with Crippen molar-refractivity contribution in [1.29, 1.82) is 0 Å². The van der Waals surface area contributed by atoms with Crippen LogP contribution < -0.4 is 5.32 Å². The minimum atomic E-state index is -0.297. The number of nitrogens with one attached hydrogen (secondary N) is 1. The monoisotopic (exact) mass is 734 g/mol. The van der Waals surface area contributed by atoms with Crippen LogP contribution in [0.4, 0.5) is 0 Å². The molecular formula is C51H34N4S. The number of hydrogen-bond donors (Lipinski definition) is 1. The third-order valence-corrected chi connectivity index (χ3v) is 12.1. The van der Waals surface area contributed by atoms with Gasteiger partial charge in [-0.3, -0.25) is 0 Å². The molecule has 0 fully saturated rings. The highest BCUT2D eigenvalue weighted by molar-refractivity contribution is 7.26. The summed E-state index contributed by atoms with van der Waals surface area (Å²) in [5.41, 5.74) is 11.6. The number of rotatable bonds is 6. The minimum Gasteiger partial charge on any atom is -0.344 e. The Morgan fingerprint density at radius 2 is 1.02 bits per heavy atom. The van der Waals surface area contributed by atoms with Gasteiger partial charge in [0.2, 0.25) is 0 Å². The zero-order valence-electron chi connectivity index (χ0n) is 30.3. The molecule has 0 saturated heterocycles. The summed E-state index contributed by atoms with van der Waals surface area (Å²) in [7, 11) is 0. The van der Waals surface area contributed by atoms with E-state index < -0.39 is 0 Å².